The van der Waals surface area contributed by atoms with Crippen LogP contribution in [0.15, 0.2) is 71.0 Å². The zero-order valence-corrected chi connectivity index (χ0v) is 19.0. The average molecular weight is 465 g/mol. The number of aryl methyl sites for hydroxylation is 1. The molecule has 9 heteroatoms. The molecule has 0 spiro atoms. The van der Waals surface area contributed by atoms with Crippen LogP contribution >= 0.6 is 11.8 Å². The fourth-order valence-electron chi connectivity index (χ4n) is 2.87. The van der Waals surface area contributed by atoms with Crippen LogP contribution in [0, 0.1) is 6.92 Å². The van der Waals surface area contributed by atoms with Crippen molar-refractivity contribution >= 4 is 28.8 Å². The molecule has 0 saturated carbocycles. The molecule has 1 atom stereocenters. The van der Waals surface area contributed by atoms with Gasteiger partial charge in [0.1, 0.15) is 0 Å². The van der Waals surface area contributed by atoms with Crippen molar-refractivity contribution in [2.24, 2.45) is 10.1 Å². The van der Waals surface area contributed by atoms with Crippen LogP contribution in [0.1, 0.15) is 30.5 Å². The molecule has 172 valence electrons. The molecular formula is C23H27F3N4OS. The predicted octanol–water partition coefficient (Wildman–Crippen LogP) is 5.56. The lowest BCUT2D eigenvalue weighted by Gasteiger charge is -2.26. The molecule has 0 saturated heterocycles. The number of nitrogens with zero attached hydrogens (tertiary/aromatic N) is 3. The second-order valence-electron chi connectivity index (χ2n) is 6.66. The lowest BCUT2D eigenvalue weighted by atomic mass is 10.1. The molecule has 1 unspecified atom stereocenters. The van der Waals surface area contributed by atoms with Crippen LogP contribution in [0.5, 0.6) is 0 Å². The SMILES string of the molecule is CCSC1=N/C=C\N(c2cccc(C(F)(F)F)c2C)C(O)/C=N/N1.CCc1ccccc1. The Morgan fingerprint density at radius 1 is 1.09 bits per heavy atom. The minimum Gasteiger partial charge on any atom is -0.368 e. The maximum Gasteiger partial charge on any atom is 0.416 e. The number of alkyl halides is 3. The zero-order chi connectivity index (χ0) is 23.6. The first-order valence-corrected chi connectivity index (χ1v) is 11.1. The minimum absolute atomic E-state index is 0.0152. The van der Waals surface area contributed by atoms with Crippen LogP contribution in [0.25, 0.3) is 0 Å². The molecule has 0 aliphatic carbocycles. The van der Waals surface area contributed by atoms with E-state index in [-0.39, 0.29) is 11.3 Å². The highest BCUT2D eigenvalue weighted by atomic mass is 32.2. The summed E-state index contributed by atoms with van der Waals surface area (Å²) in [6.45, 7) is 5.47. The highest BCUT2D eigenvalue weighted by Crippen LogP contribution is 2.36. The molecule has 3 rings (SSSR count). The van der Waals surface area contributed by atoms with Gasteiger partial charge in [-0.05, 0) is 42.4 Å². The topological polar surface area (TPSA) is 60.2 Å². The summed E-state index contributed by atoms with van der Waals surface area (Å²) in [4.78, 5) is 5.42. The Hall–Kier alpha value is -2.78. The Labute approximate surface area is 190 Å². The van der Waals surface area contributed by atoms with E-state index in [1.807, 2.05) is 13.0 Å². The van der Waals surface area contributed by atoms with Crippen molar-refractivity contribution in [2.45, 2.75) is 39.6 Å². The van der Waals surface area contributed by atoms with Gasteiger partial charge in [0.2, 0.25) is 0 Å². The summed E-state index contributed by atoms with van der Waals surface area (Å²) < 4.78 is 39.2. The van der Waals surface area contributed by atoms with Crippen LogP contribution in [-0.4, -0.2) is 28.5 Å². The Morgan fingerprint density at radius 3 is 2.41 bits per heavy atom. The number of halogens is 3. The van der Waals surface area contributed by atoms with E-state index in [9.17, 15) is 18.3 Å². The number of amidine groups is 1. The molecule has 0 amide bonds. The maximum absolute atomic E-state index is 13.1. The van der Waals surface area contributed by atoms with Crippen LogP contribution in [0.2, 0.25) is 0 Å². The van der Waals surface area contributed by atoms with E-state index in [1.54, 1.807) is 0 Å². The van der Waals surface area contributed by atoms with Crippen molar-refractivity contribution < 1.29 is 18.3 Å². The maximum atomic E-state index is 13.1. The second-order valence-corrected chi connectivity index (χ2v) is 7.92. The van der Waals surface area contributed by atoms with Crippen molar-refractivity contribution in [2.75, 3.05) is 10.7 Å². The molecule has 1 aliphatic heterocycles. The molecule has 32 heavy (non-hydrogen) atoms. The van der Waals surface area contributed by atoms with E-state index in [0.717, 1.165) is 18.2 Å². The van der Waals surface area contributed by atoms with Crippen molar-refractivity contribution in [1.82, 2.24) is 5.43 Å². The molecular weight excluding hydrogens is 437 g/mol. The van der Waals surface area contributed by atoms with Gasteiger partial charge in [0.05, 0.1) is 11.8 Å². The largest absolute Gasteiger partial charge is 0.416 e. The summed E-state index contributed by atoms with van der Waals surface area (Å²) in [5.41, 5.74) is 3.58. The lowest BCUT2D eigenvalue weighted by Crippen LogP contribution is -2.33. The van der Waals surface area contributed by atoms with Crippen molar-refractivity contribution in [3.8, 4) is 0 Å². The monoisotopic (exact) mass is 464 g/mol. The summed E-state index contributed by atoms with van der Waals surface area (Å²) >= 11 is 1.42. The number of hydrogen-bond acceptors (Lipinski definition) is 6. The van der Waals surface area contributed by atoms with E-state index < -0.39 is 18.0 Å². The molecule has 2 N–H and O–H groups in total. The van der Waals surface area contributed by atoms with Gasteiger partial charge < -0.3 is 10.0 Å². The standard InChI is InChI=1S/C15H17F3N4OS.C8H10/c1-3-24-14-19-7-8-22(13(23)9-20-21-14)12-6-4-5-11(10(12)2)15(16,17)18;1-2-8-6-4-3-5-7-8/h4-9,13,23H,3H2,1-2H3,(H,19,21);3-7H,2H2,1H3/b8-7-,20-9+;. The van der Waals surface area contributed by atoms with E-state index in [1.165, 1.54) is 59.9 Å². The minimum atomic E-state index is -4.47. The van der Waals surface area contributed by atoms with E-state index in [4.69, 9.17) is 0 Å². The number of thioether (sulfide) groups is 1. The molecule has 2 aromatic rings. The number of benzene rings is 2. The van der Waals surface area contributed by atoms with Crippen molar-refractivity contribution in [1.29, 1.82) is 0 Å². The number of nitrogens with one attached hydrogen (secondary N) is 1. The number of hydrogen-bond donors (Lipinski definition) is 2. The van der Waals surface area contributed by atoms with Crippen LogP contribution < -0.4 is 10.3 Å². The number of aliphatic imine (C=N–C) groups is 1. The highest BCUT2D eigenvalue weighted by Gasteiger charge is 2.33. The molecule has 0 bridgehead atoms. The molecule has 0 fully saturated rings. The first kappa shape index (κ1) is 25.5. The van der Waals surface area contributed by atoms with Gasteiger partial charge in [-0.25, -0.2) is 4.99 Å². The molecule has 1 aliphatic rings. The summed E-state index contributed by atoms with van der Waals surface area (Å²) in [5, 5.41) is 14.6. The van der Waals surface area contributed by atoms with Gasteiger partial charge in [-0.2, -0.15) is 18.3 Å². The fraction of sp³-hybridized carbons (Fsp3) is 0.304. The number of hydrazone groups is 1. The van der Waals surface area contributed by atoms with Crippen molar-refractivity contribution in [3.63, 3.8) is 0 Å². The van der Waals surface area contributed by atoms with Crippen LogP contribution in [0.4, 0.5) is 18.9 Å². The highest BCUT2D eigenvalue weighted by molar-refractivity contribution is 8.13. The van der Waals surface area contributed by atoms with Crippen LogP contribution in [-0.2, 0) is 12.6 Å². The zero-order valence-electron chi connectivity index (χ0n) is 18.2. The smallest absolute Gasteiger partial charge is 0.368 e. The van der Waals surface area contributed by atoms with Crippen molar-refractivity contribution in [3.05, 3.63) is 77.6 Å². The molecule has 5 nitrogen and oxygen atoms in total. The predicted molar refractivity (Wildman–Crippen MR) is 127 cm³/mol. The second kappa shape index (κ2) is 12.3. The Balaban J connectivity index is 0.000000380. The van der Waals surface area contributed by atoms with Gasteiger partial charge in [-0.15, -0.1) is 0 Å². The first-order valence-electron chi connectivity index (χ1n) is 10.1. The fourth-order valence-corrected chi connectivity index (χ4v) is 3.40. The summed E-state index contributed by atoms with van der Waals surface area (Å²) in [7, 11) is 0. The Bertz CT molecular complexity index is 946. The van der Waals surface area contributed by atoms with E-state index >= 15 is 0 Å². The number of aliphatic hydroxyl groups is 1. The Morgan fingerprint density at radius 2 is 1.81 bits per heavy atom. The normalized spacial score (nSPS) is 18.2. The van der Waals surface area contributed by atoms with Gasteiger partial charge in [0.15, 0.2) is 11.4 Å². The van der Waals surface area contributed by atoms with Gasteiger partial charge in [0, 0.05) is 18.1 Å². The Kier molecular flexibility index (Phi) is 9.80. The number of aliphatic hydroxyl groups excluding tert-OH is 1. The quantitative estimate of drug-likeness (QED) is 0.625. The third kappa shape index (κ3) is 7.42. The molecule has 0 radical (unpaired) electrons. The lowest BCUT2D eigenvalue weighted by molar-refractivity contribution is -0.138. The van der Waals surface area contributed by atoms with Gasteiger partial charge >= 0.3 is 6.18 Å². The van der Waals surface area contributed by atoms with Gasteiger partial charge in [0.25, 0.3) is 0 Å². The average Bonchev–Trinajstić information content (AvgIpc) is 2.85. The number of rotatable bonds is 3. The first-order chi connectivity index (χ1) is 15.3. The molecule has 0 aromatic heterocycles. The van der Waals surface area contributed by atoms with Gasteiger partial charge in [-0.3, -0.25) is 5.43 Å². The third-order valence-electron chi connectivity index (χ3n) is 4.49. The van der Waals surface area contributed by atoms with E-state index in [2.05, 4.69) is 46.7 Å². The molecule has 1 heterocycles. The van der Waals surface area contributed by atoms with Gasteiger partial charge in [-0.1, -0.05) is 62.0 Å². The third-order valence-corrected chi connectivity index (χ3v) is 5.25. The summed E-state index contributed by atoms with van der Waals surface area (Å²) in [6.07, 6.45) is -0.544. The van der Waals surface area contributed by atoms with E-state index in [0.29, 0.717) is 5.17 Å². The molecule has 2 aromatic carbocycles. The van der Waals surface area contributed by atoms with Crippen LogP contribution in [0.3, 0.4) is 0 Å². The number of anilines is 1. The summed E-state index contributed by atoms with van der Waals surface area (Å²) in [6, 6.07) is 14.3. The summed E-state index contributed by atoms with van der Waals surface area (Å²) in [5.74, 6) is 0.772.